The highest BCUT2D eigenvalue weighted by Crippen LogP contribution is 2.32. The maximum absolute atomic E-state index is 12.6. The van der Waals surface area contributed by atoms with E-state index in [2.05, 4.69) is 34.6 Å². The average molecular weight is 342 g/mol. The van der Waals surface area contributed by atoms with E-state index in [1.54, 1.807) is 4.90 Å². The Hall–Kier alpha value is -2.50. The molecule has 0 saturated carbocycles. The topological polar surface area (TPSA) is 70.2 Å². The lowest BCUT2D eigenvalue weighted by molar-refractivity contribution is 0.0578. The van der Waals surface area contributed by atoms with Crippen molar-refractivity contribution in [3.63, 3.8) is 0 Å². The van der Waals surface area contributed by atoms with Gasteiger partial charge in [0.1, 0.15) is 5.60 Å². The minimum atomic E-state index is -0.500. The maximum atomic E-state index is 12.6. The number of anilines is 2. The minimum absolute atomic E-state index is 0.121. The number of fused-ring (bicyclic) bond motifs is 1. The zero-order valence-electron chi connectivity index (χ0n) is 15.3. The third-order valence-corrected chi connectivity index (χ3v) is 4.22. The van der Waals surface area contributed by atoms with Gasteiger partial charge in [-0.15, -0.1) is 0 Å². The molecule has 25 heavy (non-hydrogen) atoms. The zero-order chi connectivity index (χ0) is 18.0. The number of hydrogen-bond donors (Lipinski definition) is 2. The predicted octanol–water partition coefficient (Wildman–Crippen LogP) is 4.27. The smallest absolute Gasteiger partial charge is 0.414 e. The van der Waals surface area contributed by atoms with E-state index < -0.39 is 5.60 Å². The summed E-state index contributed by atoms with van der Waals surface area (Å²) in [5, 5.41) is 10.3. The van der Waals surface area contributed by atoms with E-state index in [1.165, 1.54) is 5.56 Å². The van der Waals surface area contributed by atoms with Crippen LogP contribution in [-0.2, 0) is 11.2 Å². The molecule has 134 valence electrons. The number of nitrogens with zero attached hydrogens (tertiary/aromatic N) is 2. The largest absolute Gasteiger partial charge is 0.443 e. The van der Waals surface area contributed by atoms with E-state index in [0.717, 1.165) is 29.8 Å². The molecule has 0 aliphatic carbocycles. The van der Waals surface area contributed by atoms with Gasteiger partial charge in [-0.2, -0.15) is 5.10 Å². The van der Waals surface area contributed by atoms with E-state index in [4.69, 9.17) is 4.74 Å². The van der Waals surface area contributed by atoms with E-state index in [1.807, 2.05) is 39.2 Å². The maximum Gasteiger partial charge on any atom is 0.414 e. The summed E-state index contributed by atoms with van der Waals surface area (Å²) in [4.78, 5) is 14.3. The van der Waals surface area contributed by atoms with E-state index in [-0.39, 0.29) is 12.1 Å². The van der Waals surface area contributed by atoms with Gasteiger partial charge in [0.25, 0.3) is 0 Å². The zero-order valence-corrected chi connectivity index (χ0v) is 15.3. The van der Waals surface area contributed by atoms with Crippen LogP contribution in [0, 0.1) is 0 Å². The number of aromatic nitrogens is 2. The van der Waals surface area contributed by atoms with Crippen LogP contribution in [0.3, 0.4) is 0 Å². The van der Waals surface area contributed by atoms with Gasteiger partial charge in [-0.05, 0) is 58.2 Å². The van der Waals surface area contributed by atoms with Crippen molar-refractivity contribution in [2.75, 3.05) is 16.8 Å². The number of aryl methyl sites for hydroxylation is 1. The van der Waals surface area contributed by atoms with Crippen LogP contribution in [0.5, 0.6) is 0 Å². The summed E-state index contributed by atoms with van der Waals surface area (Å²) in [6.07, 6.45) is 5.33. The summed E-state index contributed by atoms with van der Waals surface area (Å²) in [6.45, 7) is 8.43. The van der Waals surface area contributed by atoms with Crippen LogP contribution in [0.2, 0.25) is 0 Å². The van der Waals surface area contributed by atoms with Gasteiger partial charge < -0.3 is 10.1 Å². The fourth-order valence-corrected chi connectivity index (χ4v) is 3.00. The average Bonchev–Trinajstić information content (AvgIpc) is 3.07. The van der Waals surface area contributed by atoms with Crippen LogP contribution < -0.4 is 10.2 Å². The van der Waals surface area contributed by atoms with Crippen LogP contribution in [0.25, 0.3) is 0 Å². The molecule has 1 aromatic carbocycles. The molecular formula is C19H26N4O2. The Morgan fingerprint density at radius 1 is 1.40 bits per heavy atom. The Morgan fingerprint density at radius 3 is 2.88 bits per heavy atom. The molecule has 0 radical (unpaired) electrons. The number of amides is 1. The Morgan fingerprint density at radius 2 is 2.20 bits per heavy atom. The van der Waals surface area contributed by atoms with Crippen molar-refractivity contribution in [1.29, 1.82) is 0 Å². The standard InChI is InChI=1S/C19H26N4O2/c1-13(15-11-20-21-12-15)22-16-8-7-14-6-5-9-23(17(14)10-16)18(24)25-19(2,3)4/h7-8,10-13,22H,5-6,9H2,1-4H3,(H,20,21). The van der Waals surface area contributed by atoms with E-state index in [9.17, 15) is 4.79 Å². The van der Waals surface area contributed by atoms with Gasteiger partial charge in [-0.3, -0.25) is 10.00 Å². The first kappa shape index (κ1) is 17.3. The highest BCUT2D eigenvalue weighted by atomic mass is 16.6. The van der Waals surface area contributed by atoms with Crippen molar-refractivity contribution in [3.05, 3.63) is 41.7 Å². The lowest BCUT2D eigenvalue weighted by Gasteiger charge is -2.32. The van der Waals surface area contributed by atoms with Crippen molar-refractivity contribution >= 4 is 17.5 Å². The first-order valence-corrected chi connectivity index (χ1v) is 8.72. The van der Waals surface area contributed by atoms with Crippen molar-refractivity contribution in [2.24, 2.45) is 0 Å². The summed E-state index contributed by atoms with van der Waals surface area (Å²) in [5.41, 5.74) is 3.67. The van der Waals surface area contributed by atoms with Gasteiger partial charge in [0, 0.05) is 24.0 Å². The number of H-pyrrole nitrogens is 1. The summed E-state index contributed by atoms with van der Waals surface area (Å²) < 4.78 is 5.57. The molecule has 1 aliphatic heterocycles. The summed E-state index contributed by atoms with van der Waals surface area (Å²) in [5.74, 6) is 0. The van der Waals surface area contributed by atoms with Gasteiger partial charge in [0.05, 0.1) is 17.9 Å². The summed E-state index contributed by atoms with van der Waals surface area (Å²) >= 11 is 0. The molecule has 0 fully saturated rings. The Balaban J connectivity index is 1.81. The fourth-order valence-electron chi connectivity index (χ4n) is 3.00. The van der Waals surface area contributed by atoms with Gasteiger partial charge >= 0.3 is 6.09 Å². The van der Waals surface area contributed by atoms with Crippen LogP contribution in [0.4, 0.5) is 16.2 Å². The van der Waals surface area contributed by atoms with Crippen LogP contribution in [-0.4, -0.2) is 28.4 Å². The van der Waals surface area contributed by atoms with Crippen molar-refractivity contribution < 1.29 is 9.53 Å². The summed E-state index contributed by atoms with van der Waals surface area (Å²) in [6, 6.07) is 6.31. The molecule has 6 heteroatoms. The Bertz CT molecular complexity index is 734. The second-order valence-corrected chi connectivity index (χ2v) is 7.48. The molecule has 6 nitrogen and oxygen atoms in total. The van der Waals surface area contributed by atoms with Gasteiger partial charge in [-0.1, -0.05) is 6.07 Å². The molecule has 0 saturated heterocycles. The number of rotatable bonds is 3. The fraction of sp³-hybridized carbons (Fsp3) is 0.474. The van der Waals surface area contributed by atoms with Crippen LogP contribution >= 0.6 is 0 Å². The predicted molar refractivity (Wildman–Crippen MR) is 99.0 cm³/mol. The number of hydrogen-bond acceptors (Lipinski definition) is 4. The Labute approximate surface area is 148 Å². The van der Waals surface area contributed by atoms with Gasteiger partial charge in [-0.25, -0.2) is 4.79 Å². The van der Waals surface area contributed by atoms with E-state index in [0.29, 0.717) is 6.54 Å². The van der Waals surface area contributed by atoms with E-state index >= 15 is 0 Å². The molecule has 0 bridgehead atoms. The third kappa shape index (κ3) is 4.13. The Kier molecular flexibility index (Phi) is 4.70. The highest BCUT2D eigenvalue weighted by molar-refractivity contribution is 5.90. The molecule has 1 atom stereocenters. The number of ether oxygens (including phenoxy) is 1. The molecule has 1 aliphatic rings. The molecule has 3 rings (SSSR count). The quantitative estimate of drug-likeness (QED) is 0.874. The van der Waals surface area contributed by atoms with Gasteiger partial charge in [0.2, 0.25) is 0 Å². The van der Waals surface area contributed by atoms with Gasteiger partial charge in [0.15, 0.2) is 0 Å². The first-order valence-electron chi connectivity index (χ1n) is 8.72. The highest BCUT2D eigenvalue weighted by Gasteiger charge is 2.27. The second-order valence-electron chi connectivity index (χ2n) is 7.48. The van der Waals surface area contributed by atoms with Crippen molar-refractivity contribution in [3.8, 4) is 0 Å². The lowest BCUT2D eigenvalue weighted by atomic mass is 10.0. The number of benzene rings is 1. The number of nitrogens with one attached hydrogen (secondary N) is 2. The first-order chi connectivity index (χ1) is 11.8. The molecule has 1 amide bonds. The van der Waals surface area contributed by atoms with Crippen LogP contribution in [0.15, 0.2) is 30.6 Å². The third-order valence-electron chi connectivity index (χ3n) is 4.22. The minimum Gasteiger partial charge on any atom is -0.443 e. The molecule has 2 aromatic rings. The SMILES string of the molecule is CC(Nc1ccc2c(c1)N(C(=O)OC(C)(C)C)CCC2)c1cn[nH]c1. The molecule has 2 heterocycles. The number of carbonyl (C=O) groups excluding carboxylic acids is 1. The second kappa shape index (κ2) is 6.78. The summed E-state index contributed by atoms with van der Waals surface area (Å²) in [7, 11) is 0. The van der Waals surface area contributed by atoms with Crippen molar-refractivity contribution in [2.45, 2.75) is 52.2 Å². The number of aromatic amines is 1. The number of carbonyl (C=O) groups is 1. The molecule has 0 spiro atoms. The molecule has 2 N–H and O–H groups in total. The monoisotopic (exact) mass is 342 g/mol. The molecule has 1 unspecified atom stereocenters. The molecular weight excluding hydrogens is 316 g/mol. The van der Waals surface area contributed by atoms with Crippen LogP contribution in [0.1, 0.15) is 51.3 Å². The lowest BCUT2D eigenvalue weighted by Crippen LogP contribution is -2.39. The van der Waals surface area contributed by atoms with Crippen molar-refractivity contribution in [1.82, 2.24) is 10.2 Å². The molecule has 1 aromatic heterocycles. The normalized spacial score (nSPS) is 15.4.